The van der Waals surface area contributed by atoms with Crippen molar-refractivity contribution in [3.63, 3.8) is 0 Å². The van der Waals surface area contributed by atoms with Crippen molar-refractivity contribution in [1.82, 2.24) is 5.16 Å². The van der Waals surface area contributed by atoms with Gasteiger partial charge in [-0.1, -0.05) is 52.6 Å². The van der Waals surface area contributed by atoms with Crippen molar-refractivity contribution in [2.24, 2.45) is 0 Å². The third-order valence-electron chi connectivity index (χ3n) is 3.37. The van der Waals surface area contributed by atoms with Crippen molar-refractivity contribution in [1.29, 1.82) is 0 Å². The van der Waals surface area contributed by atoms with E-state index in [1.165, 1.54) is 6.07 Å². The Morgan fingerprint density at radius 1 is 1.20 bits per heavy atom. The van der Waals surface area contributed by atoms with Crippen molar-refractivity contribution in [3.8, 4) is 11.3 Å². The van der Waals surface area contributed by atoms with Crippen molar-refractivity contribution in [2.75, 3.05) is 0 Å². The van der Waals surface area contributed by atoms with E-state index < -0.39 is 11.3 Å². The summed E-state index contributed by atoms with van der Waals surface area (Å²) in [5.41, 5.74) is 1.06. The van der Waals surface area contributed by atoms with Gasteiger partial charge in [-0.3, -0.25) is 0 Å². The molecule has 1 fully saturated rings. The highest BCUT2D eigenvalue weighted by Gasteiger charge is 2.35. The molecule has 2 aromatic rings. The Morgan fingerprint density at radius 2 is 1.90 bits per heavy atom. The Morgan fingerprint density at radius 3 is 2.50 bits per heavy atom. The molecule has 1 aliphatic rings. The van der Waals surface area contributed by atoms with Gasteiger partial charge < -0.3 is 4.52 Å². The predicted octanol–water partition coefficient (Wildman–Crippen LogP) is 5.63. The summed E-state index contributed by atoms with van der Waals surface area (Å²) in [6.07, 6.45) is -0.624. The Bertz CT molecular complexity index is 623. The Balaban J connectivity index is 2.15. The lowest BCUT2D eigenvalue weighted by Gasteiger charge is -2.08. The van der Waals surface area contributed by atoms with Crippen LogP contribution in [0, 0.1) is 0 Å². The van der Waals surface area contributed by atoms with Gasteiger partial charge in [0, 0.05) is 17.0 Å². The van der Waals surface area contributed by atoms with E-state index in [0.29, 0.717) is 22.6 Å². The Kier molecular flexibility index (Phi) is 3.69. The predicted molar refractivity (Wildman–Crippen MR) is 73.3 cm³/mol. The maximum Gasteiger partial charge on any atom is 0.264 e. The third-order valence-corrected chi connectivity index (χ3v) is 3.81. The van der Waals surface area contributed by atoms with E-state index in [2.05, 4.69) is 5.16 Å². The van der Waals surface area contributed by atoms with Crippen LogP contribution in [0.3, 0.4) is 0 Å². The minimum Gasteiger partial charge on any atom is -0.360 e. The second kappa shape index (κ2) is 5.34. The summed E-state index contributed by atoms with van der Waals surface area (Å²) in [4.78, 5) is -0.849. The zero-order valence-electron chi connectivity index (χ0n) is 10.3. The first-order chi connectivity index (χ1) is 9.59. The molecule has 3 rings (SSSR count). The van der Waals surface area contributed by atoms with Gasteiger partial charge in [0.1, 0.15) is 16.3 Å². The number of rotatable bonds is 4. The highest BCUT2D eigenvalue weighted by molar-refractivity contribution is 6.44. The lowest BCUT2D eigenvalue weighted by molar-refractivity contribution is 0.152. The number of alkyl halides is 4. The molecule has 1 aliphatic carbocycles. The maximum atomic E-state index is 13.1. The maximum absolute atomic E-state index is 13.1. The third kappa shape index (κ3) is 2.42. The van der Waals surface area contributed by atoms with Crippen molar-refractivity contribution >= 4 is 23.2 Å². The molecule has 0 amide bonds. The molecule has 2 nitrogen and oxygen atoms in total. The fourth-order valence-corrected chi connectivity index (χ4v) is 2.68. The molecular formula is C14H11Cl2F2NO. The summed E-state index contributed by atoms with van der Waals surface area (Å²) in [5, 5.41) is 3.93. The molecule has 20 heavy (non-hydrogen) atoms. The van der Waals surface area contributed by atoms with E-state index in [-0.39, 0.29) is 11.5 Å². The van der Waals surface area contributed by atoms with Gasteiger partial charge >= 0.3 is 0 Å². The van der Waals surface area contributed by atoms with Crippen LogP contribution in [0.2, 0.25) is 0 Å². The highest BCUT2D eigenvalue weighted by atomic mass is 35.5. The average Bonchev–Trinajstić information content (AvgIpc) is 3.17. The molecule has 0 aliphatic heterocycles. The van der Waals surface area contributed by atoms with Gasteiger partial charge in [0.15, 0.2) is 0 Å². The molecular weight excluding hydrogens is 307 g/mol. The summed E-state index contributed by atoms with van der Waals surface area (Å²) in [7, 11) is 0. The van der Waals surface area contributed by atoms with Gasteiger partial charge in [-0.2, -0.15) is 0 Å². The van der Waals surface area contributed by atoms with Gasteiger partial charge in [0.25, 0.3) is 6.43 Å². The number of nitrogens with zero attached hydrogens (tertiary/aromatic N) is 1. The largest absolute Gasteiger partial charge is 0.360 e. The Labute approximate surface area is 124 Å². The highest BCUT2D eigenvalue weighted by Crippen LogP contribution is 2.48. The molecule has 0 atom stereocenters. The van der Waals surface area contributed by atoms with Crippen molar-refractivity contribution in [2.45, 2.75) is 30.0 Å². The molecule has 1 aromatic carbocycles. The van der Waals surface area contributed by atoms with E-state index in [1.54, 1.807) is 18.2 Å². The van der Waals surface area contributed by atoms with E-state index in [1.807, 2.05) is 0 Å². The molecule has 1 aromatic heterocycles. The molecule has 0 unspecified atom stereocenters. The van der Waals surface area contributed by atoms with Crippen molar-refractivity contribution in [3.05, 3.63) is 41.2 Å². The fraction of sp³-hybridized carbons (Fsp3) is 0.357. The molecule has 6 heteroatoms. The SMILES string of the molecule is FC(F)c1ccccc1-c1noc(C2CC2)c1C(Cl)Cl. The summed E-state index contributed by atoms with van der Waals surface area (Å²) < 4.78 is 31.5. The lowest BCUT2D eigenvalue weighted by atomic mass is 10.0. The van der Waals surface area contributed by atoms with Gasteiger partial charge in [0.2, 0.25) is 0 Å². The number of hydrogen-bond donors (Lipinski definition) is 0. The molecule has 0 spiro atoms. The summed E-state index contributed by atoms with van der Waals surface area (Å²) in [6.45, 7) is 0. The summed E-state index contributed by atoms with van der Waals surface area (Å²) in [6, 6.07) is 6.18. The van der Waals surface area contributed by atoms with Gasteiger partial charge in [0.05, 0.1) is 5.56 Å². The van der Waals surface area contributed by atoms with Crippen LogP contribution in [0.15, 0.2) is 28.8 Å². The van der Waals surface area contributed by atoms with E-state index >= 15 is 0 Å². The van der Waals surface area contributed by atoms with Crippen LogP contribution in [-0.2, 0) is 0 Å². The minimum absolute atomic E-state index is 0.0987. The van der Waals surface area contributed by atoms with Crippen LogP contribution in [-0.4, -0.2) is 5.16 Å². The Hall–Kier alpha value is -1.13. The molecule has 0 radical (unpaired) electrons. The molecule has 1 heterocycles. The number of hydrogen-bond acceptors (Lipinski definition) is 2. The lowest BCUT2D eigenvalue weighted by Crippen LogP contribution is -1.94. The minimum atomic E-state index is -2.59. The monoisotopic (exact) mass is 317 g/mol. The van der Waals surface area contributed by atoms with Gasteiger partial charge in [-0.25, -0.2) is 8.78 Å². The standard InChI is InChI=1S/C14H11Cl2F2NO/c15-13(16)10-11(19-20-12(10)7-5-6-7)8-3-1-2-4-9(8)14(17)18/h1-4,7,13-14H,5-6H2. The molecule has 0 saturated heterocycles. The quantitative estimate of drug-likeness (QED) is 0.683. The fourth-order valence-electron chi connectivity index (χ4n) is 2.26. The topological polar surface area (TPSA) is 26.0 Å². The summed E-state index contributed by atoms with van der Waals surface area (Å²) in [5.74, 6) is 0.879. The van der Waals surface area contributed by atoms with Crippen LogP contribution in [0.4, 0.5) is 8.78 Å². The number of halogens is 4. The van der Waals surface area contributed by atoms with Crippen molar-refractivity contribution < 1.29 is 13.3 Å². The first-order valence-corrected chi connectivity index (χ1v) is 7.12. The molecule has 0 N–H and O–H groups in total. The second-order valence-corrected chi connectivity index (χ2v) is 5.87. The number of aromatic nitrogens is 1. The molecule has 106 valence electrons. The molecule has 0 bridgehead atoms. The van der Waals surface area contributed by atoms with Gasteiger partial charge in [-0.05, 0) is 12.8 Å². The first-order valence-electron chi connectivity index (χ1n) is 6.24. The van der Waals surface area contributed by atoms with Crippen LogP contribution < -0.4 is 0 Å². The number of benzene rings is 1. The van der Waals surface area contributed by atoms with Crippen LogP contribution >= 0.6 is 23.2 Å². The normalized spacial score (nSPS) is 15.3. The van der Waals surface area contributed by atoms with E-state index in [0.717, 1.165) is 12.8 Å². The van der Waals surface area contributed by atoms with Crippen LogP contribution in [0.25, 0.3) is 11.3 Å². The summed E-state index contributed by atoms with van der Waals surface area (Å²) >= 11 is 12.0. The van der Waals surface area contributed by atoms with Crippen LogP contribution in [0.1, 0.15) is 46.9 Å². The van der Waals surface area contributed by atoms with E-state index in [4.69, 9.17) is 27.7 Å². The van der Waals surface area contributed by atoms with Crippen LogP contribution in [0.5, 0.6) is 0 Å². The smallest absolute Gasteiger partial charge is 0.264 e. The zero-order chi connectivity index (χ0) is 14.3. The first kappa shape index (κ1) is 13.8. The average molecular weight is 318 g/mol. The molecule has 1 saturated carbocycles. The second-order valence-electron chi connectivity index (χ2n) is 4.77. The zero-order valence-corrected chi connectivity index (χ0v) is 11.8. The van der Waals surface area contributed by atoms with Gasteiger partial charge in [-0.15, -0.1) is 0 Å². The van der Waals surface area contributed by atoms with E-state index in [9.17, 15) is 8.78 Å².